The highest BCUT2D eigenvalue weighted by molar-refractivity contribution is 5.91. The monoisotopic (exact) mass is 378 g/mol. The molecule has 0 aliphatic carbocycles. The molecule has 3 heteroatoms. The number of ether oxygens (including phenoxy) is 1. The van der Waals surface area contributed by atoms with Gasteiger partial charge in [0.05, 0.1) is 6.61 Å². The van der Waals surface area contributed by atoms with E-state index in [1.54, 1.807) is 6.92 Å². The number of aliphatic hydroxyl groups is 1. The molecule has 1 atom stereocenters. The summed E-state index contributed by atoms with van der Waals surface area (Å²) in [6.45, 7) is 3.94. The summed E-state index contributed by atoms with van der Waals surface area (Å²) in [4.78, 5) is 11.7. The lowest BCUT2D eigenvalue weighted by Gasteiger charge is -2.17. The Labute approximate surface area is 167 Å². The third-order valence-corrected chi connectivity index (χ3v) is 5.36. The number of rotatable bonds is 16. The van der Waals surface area contributed by atoms with Crippen molar-refractivity contribution in [2.24, 2.45) is 0 Å². The molecule has 1 aliphatic heterocycles. The van der Waals surface area contributed by atoms with Crippen molar-refractivity contribution in [3.05, 3.63) is 23.8 Å². The van der Waals surface area contributed by atoms with Crippen molar-refractivity contribution in [2.75, 3.05) is 6.61 Å². The van der Waals surface area contributed by atoms with Crippen molar-refractivity contribution in [1.29, 1.82) is 0 Å². The fraction of sp³-hybridized carbons (Fsp3) is 0.792. The Bertz CT molecular complexity index is 453. The second-order valence-corrected chi connectivity index (χ2v) is 8.28. The van der Waals surface area contributed by atoms with Gasteiger partial charge in [0.1, 0.15) is 5.60 Å². The number of allylic oxidation sites excluding steroid dienone is 3. The number of hydrogen-bond acceptors (Lipinski definition) is 3. The van der Waals surface area contributed by atoms with Gasteiger partial charge in [-0.1, -0.05) is 76.5 Å². The molecule has 1 fully saturated rings. The average molecular weight is 379 g/mol. The van der Waals surface area contributed by atoms with Gasteiger partial charge in [-0.2, -0.15) is 0 Å². The second-order valence-electron chi connectivity index (χ2n) is 8.28. The minimum atomic E-state index is -0.703. The number of aliphatic hydroxyl groups excluding tert-OH is 1. The van der Waals surface area contributed by atoms with E-state index >= 15 is 0 Å². The third-order valence-electron chi connectivity index (χ3n) is 5.36. The van der Waals surface area contributed by atoms with Crippen molar-refractivity contribution in [2.45, 2.75) is 116 Å². The summed E-state index contributed by atoms with van der Waals surface area (Å²) in [5.74, 6) is -0.251. The molecule has 0 radical (unpaired) electrons. The highest BCUT2D eigenvalue weighted by Crippen LogP contribution is 2.30. The molecule has 0 aromatic heterocycles. The molecular formula is C24H42O3. The summed E-state index contributed by atoms with van der Waals surface area (Å²) in [6, 6.07) is 0. The Hall–Kier alpha value is -1.09. The summed E-state index contributed by atoms with van der Waals surface area (Å²) in [6.07, 6.45) is 25.1. The molecule has 0 amide bonds. The average Bonchev–Trinajstić information content (AvgIpc) is 2.96. The molecule has 1 rings (SSSR count). The second kappa shape index (κ2) is 14.9. The number of carbonyl (C=O) groups excluding carboxylic acids is 1. The van der Waals surface area contributed by atoms with Crippen LogP contribution < -0.4 is 0 Å². The maximum absolute atomic E-state index is 11.7. The topological polar surface area (TPSA) is 46.5 Å². The summed E-state index contributed by atoms with van der Waals surface area (Å²) < 4.78 is 5.23. The van der Waals surface area contributed by atoms with E-state index in [0.717, 1.165) is 18.4 Å². The van der Waals surface area contributed by atoms with Crippen LogP contribution >= 0.6 is 0 Å². The molecule has 1 heterocycles. The van der Waals surface area contributed by atoms with Crippen molar-refractivity contribution in [1.82, 2.24) is 0 Å². The minimum absolute atomic E-state index is 0.108. The van der Waals surface area contributed by atoms with Gasteiger partial charge in [0.2, 0.25) is 0 Å². The quantitative estimate of drug-likeness (QED) is 0.142. The van der Waals surface area contributed by atoms with E-state index in [1.165, 1.54) is 77.0 Å². The van der Waals surface area contributed by atoms with Crippen LogP contribution in [0, 0.1) is 0 Å². The highest BCUT2D eigenvalue weighted by atomic mass is 16.6. The van der Waals surface area contributed by atoms with Gasteiger partial charge in [-0.3, -0.25) is 0 Å². The smallest absolute Gasteiger partial charge is 0.334 e. The zero-order valence-corrected chi connectivity index (χ0v) is 17.8. The Kier molecular flexibility index (Phi) is 13.2. The van der Waals surface area contributed by atoms with E-state index < -0.39 is 5.60 Å². The highest BCUT2D eigenvalue weighted by Gasteiger charge is 2.38. The molecule has 1 saturated heterocycles. The Morgan fingerprint density at radius 1 is 0.889 bits per heavy atom. The lowest BCUT2D eigenvalue weighted by molar-refractivity contribution is -0.148. The molecule has 0 bridgehead atoms. The molecule has 3 nitrogen and oxygen atoms in total. The summed E-state index contributed by atoms with van der Waals surface area (Å²) in [5.41, 5.74) is 0.0351. The van der Waals surface area contributed by atoms with Crippen LogP contribution in [0.25, 0.3) is 0 Å². The zero-order chi connectivity index (χ0) is 19.8. The van der Waals surface area contributed by atoms with E-state index in [-0.39, 0.29) is 12.6 Å². The zero-order valence-electron chi connectivity index (χ0n) is 17.8. The first-order valence-corrected chi connectivity index (χ1v) is 11.3. The van der Waals surface area contributed by atoms with Crippen molar-refractivity contribution < 1.29 is 14.6 Å². The van der Waals surface area contributed by atoms with E-state index in [9.17, 15) is 9.90 Å². The first kappa shape index (κ1) is 23.9. The van der Waals surface area contributed by atoms with Crippen molar-refractivity contribution in [3.63, 3.8) is 0 Å². The standard InChI is InChI=1S/C24H42O3/c1-3-4-5-6-7-8-9-10-11-12-13-14-15-16-17-18-19-22-20-24(2,21-25)27-23(22)26/h10-11,19,25H,3-9,12-18,20-21H2,1-2H3. The van der Waals surface area contributed by atoms with Gasteiger partial charge in [0.25, 0.3) is 0 Å². The first-order valence-electron chi connectivity index (χ1n) is 11.3. The van der Waals surface area contributed by atoms with Crippen LogP contribution in [0.1, 0.15) is 110 Å². The van der Waals surface area contributed by atoms with Crippen LogP contribution in [0.4, 0.5) is 0 Å². The van der Waals surface area contributed by atoms with Crippen LogP contribution in [-0.4, -0.2) is 23.3 Å². The van der Waals surface area contributed by atoms with E-state index in [0.29, 0.717) is 6.42 Å². The van der Waals surface area contributed by atoms with Gasteiger partial charge in [-0.25, -0.2) is 4.79 Å². The van der Waals surface area contributed by atoms with Crippen LogP contribution in [0.5, 0.6) is 0 Å². The van der Waals surface area contributed by atoms with Crippen molar-refractivity contribution >= 4 is 5.97 Å². The molecule has 0 aromatic carbocycles. The largest absolute Gasteiger partial charge is 0.453 e. The molecule has 156 valence electrons. The first-order chi connectivity index (χ1) is 13.1. The molecule has 0 aromatic rings. The summed E-state index contributed by atoms with van der Waals surface area (Å²) in [5, 5.41) is 9.26. The SMILES string of the molecule is CCCCCCCCC=CCCCCCCCC=C1CC(C)(CO)OC1=O. The number of unbranched alkanes of at least 4 members (excludes halogenated alkanes) is 12. The fourth-order valence-electron chi connectivity index (χ4n) is 3.54. The Morgan fingerprint density at radius 2 is 1.41 bits per heavy atom. The number of esters is 1. The van der Waals surface area contributed by atoms with Crippen LogP contribution in [0.2, 0.25) is 0 Å². The Balaban J connectivity index is 1.90. The van der Waals surface area contributed by atoms with Gasteiger partial charge in [0.15, 0.2) is 0 Å². The van der Waals surface area contributed by atoms with Crippen LogP contribution in [-0.2, 0) is 9.53 Å². The maximum Gasteiger partial charge on any atom is 0.334 e. The number of hydrogen-bond donors (Lipinski definition) is 1. The Morgan fingerprint density at radius 3 is 1.93 bits per heavy atom. The van der Waals surface area contributed by atoms with Crippen molar-refractivity contribution in [3.8, 4) is 0 Å². The lowest BCUT2D eigenvalue weighted by atomic mass is 9.99. The number of cyclic esters (lactones) is 1. The molecule has 1 aliphatic rings. The van der Waals surface area contributed by atoms with Gasteiger partial charge < -0.3 is 9.84 Å². The normalized spacial score (nSPS) is 21.4. The molecule has 27 heavy (non-hydrogen) atoms. The predicted molar refractivity (Wildman–Crippen MR) is 114 cm³/mol. The van der Waals surface area contributed by atoms with Gasteiger partial charge in [0, 0.05) is 12.0 Å². The number of carbonyl (C=O) groups is 1. The summed E-state index contributed by atoms with van der Waals surface area (Å²) in [7, 11) is 0. The maximum atomic E-state index is 11.7. The molecular weight excluding hydrogens is 336 g/mol. The van der Waals surface area contributed by atoms with Gasteiger partial charge >= 0.3 is 5.97 Å². The van der Waals surface area contributed by atoms with Gasteiger partial charge in [-0.05, 0) is 45.4 Å². The fourth-order valence-corrected chi connectivity index (χ4v) is 3.54. The predicted octanol–water partition coefficient (Wildman–Crippen LogP) is 6.65. The van der Waals surface area contributed by atoms with E-state index in [1.807, 2.05) is 6.08 Å². The lowest BCUT2D eigenvalue weighted by Crippen LogP contribution is -2.28. The van der Waals surface area contributed by atoms with Crippen LogP contribution in [0.15, 0.2) is 23.8 Å². The molecule has 0 spiro atoms. The van der Waals surface area contributed by atoms with E-state index in [2.05, 4.69) is 19.1 Å². The molecule has 0 saturated carbocycles. The van der Waals surface area contributed by atoms with E-state index in [4.69, 9.17) is 4.74 Å². The summed E-state index contributed by atoms with van der Waals surface area (Å²) >= 11 is 0. The minimum Gasteiger partial charge on any atom is -0.453 e. The van der Waals surface area contributed by atoms with Crippen LogP contribution in [0.3, 0.4) is 0 Å². The molecule has 1 N–H and O–H groups in total. The molecule has 1 unspecified atom stereocenters. The van der Waals surface area contributed by atoms with Gasteiger partial charge in [-0.15, -0.1) is 0 Å². The third kappa shape index (κ3) is 11.4.